The molecule has 0 unspecified atom stereocenters. The van der Waals surface area contributed by atoms with Crippen molar-refractivity contribution in [3.05, 3.63) is 82.0 Å². The Balaban J connectivity index is 1.53. The van der Waals surface area contributed by atoms with Crippen LogP contribution in [-0.2, 0) is 6.42 Å². The van der Waals surface area contributed by atoms with Crippen molar-refractivity contribution in [1.29, 1.82) is 0 Å². The highest BCUT2D eigenvalue weighted by Gasteiger charge is 2.10. The standard InChI is InChI=1S/C25H19F3S2/c1-2-3-4-5-19-14-24-25(29-19)15-23(30-24)18-10-9-17(21(27)13-18)8-6-16-7-11-20(26)22(28)12-16/h7,9-15H,2-5H2,1H3. The molecule has 5 heteroatoms. The highest BCUT2D eigenvalue weighted by molar-refractivity contribution is 7.29. The van der Waals surface area contributed by atoms with Crippen molar-refractivity contribution in [3.8, 4) is 22.3 Å². The van der Waals surface area contributed by atoms with E-state index in [1.165, 1.54) is 45.7 Å². The summed E-state index contributed by atoms with van der Waals surface area (Å²) in [6, 6.07) is 12.7. The average Bonchev–Trinajstić information content (AvgIpc) is 3.28. The van der Waals surface area contributed by atoms with Crippen LogP contribution in [0.1, 0.15) is 42.2 Å². The van der Waals surface area contributed by atoms with E-state index in [9.17, 15) is 13.2 Å². The fraction of sp³-hybridized carbons (Fsp3) is 0.200. The van der Waals surface area contributed by atoms with E-state index < -0.39 is 17.5 Å². The lowest BCUT2D eigenvalue weighted by Gasteiger charge is -2.00. The molecule has 0 radical (unpaired) electrons. The molecule has 0 saturated heterocycles. The van der Waals surface area contributed by atoms with Crippen LogP contribution in [0, 0.1) is 29.3 Å². The average molecular weight is 441 g/mol. The molecular weight excluding hydrogens is 421 g/mol. The lowest BCUT2D eigenvalue weighted by atomic mass is 10.1. The molecule has 4 rings (SSSR count). The van der Waals surface area contributed by atoms with Crippen LogP contribution in [0.2, 0.25) is 0 Å². The van der Waals surface area contributed by atoms with Gasteiger partial charge >= 0.3 is 0 Å². The van der Waals surface area contributed by atoms with Crippen LogP contribution in [0.15, 0.2) is 48.5 Å². The van der Waals surface area contributed by atoms with Gasteiger partial charge in [0.1, 0.15) is 5.82 Å². The summed E-state index contributed by atoms with van der Waals surface area (Å²) >= 11 is 3.48. The van der Waals surface area contributed by atoms with Gasteiger partial charge in [0.15, 0.2) is 11.6 Å². The molecule has 0 N–H and O–H groups in total. The van der Waals surface area contributed by atoms with Crippen molar-refractivity contribution in [2.24, 2.45) is 0 Å². The fourth-order valence-electron chi connectivity index (χ4n) is 3.18. The Kier molecular flexibility index (Phi) is 6.26. The maximum Gasteiger partial charge on any atom is 0.160 e. The molecule has 4 aromatic rings. The summed E-state index contributed by atoms with van der Waals surface area (Å²) < 4.78 is 43.3. The number of halogens is 3. The minimum Gasteiger partial charge on any atom is -0.206 e. The van der Waals surface area contributed by atoms with E-state index in [0.29, 0.717) is 5.56 Å². The molecule has 2 heterocycles. The highest BCUT2D eigenvalue weighted by Crippen LogP contribution is 2.39. The Morgan fingerprint density at radius 2 is 1.60 bits per heavy atom. The first-order chi connectivity index (χ1) is 14.5. The van der Waals surface area contributed by atoms with E-state index in [-0.39, 0.29) is 5.56 Å². The second kappa shape index (κ2) is 9.07. The molecule has 0 amide bonds. The number of hydrogen-bond acceptors (Lipinski definition) is 2. The molecule has 0 bridgehead atoms. The lowest BCUT2D eigenvalue weighted by molar-refractivity contribution is 0.508. The Bertz CT molecular complexity index is 1220. The number of aryl methyl sites for hydroxylation is 1. The van der Waals surface area contributed by atoms with Crippen molar-refractivity contribution in [1.82, 2.24) is 0 Å². The van der Waals surface area contributed by atoms with Gasteiger partial charge in [-0.05, 0) is 60.9 Å². The summed E-state index contributed by atoms with van der Waals surface area (Å²) in [6.45, 7) is 2.21. The van der Waals surface area contributed by atoms with Crippen LogP contribution >= 0.6 is 22.7 Å². The number of rotatable bonds is 5. The number of fused-ring (bicyclic) bond motifs is 1. The van der Waals surface area contributed by atoms with E-state index in [1.54, 1.807) is 17.4 Å². The monoisotopic (exact) mass is 440 g/mol. The number of unbranched alkanes of at least 4 members (excludes halogenated alkanes) is 2. The van der Waals surface area contributed by atoms with Crippen LogP contribution < -0.4 is 0 Å². The largest absolute Gasteiger partial charge is 0.206 e. The van der Waals surface area contributed by atoms with E-state index in [2.05, 4.69) is 30.9 Å². The molecule has 0 aliphatic carbocycles. The van der Waals surface area contributed by atoms with Crippen molar-refractivity contribution in [2.45, 2.75) is 32.6 Å². The van der Waals surface area contributed by atoms with Gasteiger partial charge in [-0.3, -0.25) is 0 Å². The zero-order valence-electron chi connectivity index (χ0n) is 16.4. The summed E-state index contributed by atoms with van der Waals surface area (Å²) in [5.74, 6) is 3.05. The fourth-order valence-corrected chi connectivity index (χ4v) is 5.64. The maximum atomic E-state index is 14.6. The summed E-state index contributed by atoms with van der Waals surface area (Å²) in [5, 5.41) is 0. The summed E-state index contributed by atoms with van der Waals surface area (Å²) in [5.41, 5.74) is 1.33. The first-order valence-corrected chi connectivity index (χ1v) is 11.5. The van der Waals surface area contributed by atoms with E-state index >= 15 is 0 Å². The number of thiophene rings is 2. The SMILES string of the molecule is CCCCCc1cc2sc(-c3ccc(C#Cc4ccc(F)c(F)c4)c(F)c3)cc2s1. The van der Waals surface area contributed by atoms with Crippen LogP contribution in [0.4, 0.5) is 13.2 Å². The quantitative estimate of drug-likeness (QED) is 0.217. The van der Waals surface area contributed by atoms with Gasteiger partial charge in [-0.15, -0.1) is 22.7 Å². The molecule has 0 aliphatic heterocycles. The van der Waals surface area contributed by atoms with E-state index in [0.717, 1.165) is 29.0 Å². The van der Waals surface area contributed by atoms with Gasteiger partial charge in [0.2, 0.25) is 0 Å². The predicted molar refractivity (Wildman–Crippen MR) is 121 cm³/mol. The van der Waals surface area contributed by atoms with Gasteiger partial charge < -0.3 is 0 Å². The molecule has 0 aliphatic rings. The Hall–Kier alpha value is -2.55. The molecule has 0 spiro atoms. The van der Waals surface area contributed by atoms with Gasteiger partial charge in [-0.2, -0.15) is 0 Å². The highest BCUT2D eigenvalue weighted by atomic mass is 32.1. The van der Waals surface area contributed by atoms with Crippen LogP contribution in [0.3, 0.4) is 0 Å². The molecule has 0 fully saturated rings. The molecule has 152 valence electrons. The van der Waals surface area contributed by atoms with Crippen LogP contribution in [0.25, 0.3) is 19.8 Å². The van der Waals surface area contributed by atoms with Gasteiger partial charge in [0, 0.05) is 24.7 Å². The van der Waals surface area contributed by atoms with Gasteiger partial charge in [-0.1, -0.05) is 37.7 Å². The smallest absolute Gasteiger partial charge is 0.160 e. The second-order valence-electron chi connectivity index (χ2n) is 7.08. The Morgan fingerprint density at radius 1 is 0.767 bits per heavy atom. The first-order valence-electron chi connectivity index (χ1n) is 9.82. The molecule has 2 aromatic carbocycles. The van der Waals surface area contributed by atoms with E-state index in [1.807, 2.05) is 17.4 Å². The lowest BCUT2D eigenvalue weighted by Crippen LogP contribution is -1.87. The van der Waals surface area contributed by atoms with Gasteiger partial charge in [0.25, 0.3) is 0 Å². The van der Waals surface area contributed by atoms with Gasteiger partial charge in [0.05, 0.1) is 5.56 Å². The third-order valence-electron chi connectivity index (χ3n) is 4.80. The maximum absolute atomic E-state index is 14.6. The normalized spacial score (nSPS) is 10.9. The van der Waals surface area contributed by atoms with Gasteiger partial charge in [-0.25, -0.2) is 13.2 Å². The molecule has 0 saturated carbocycles. The zero-order chi connectivity index (χ0) is 21.1. The molecule has 0 nitrogen and oxygen atoms in total. The number of hydrogen-bond donors (Lipinski definition) is 0. The Labute approximate surface area is 182 Å². The van der Waals surface area contributed by atoms with E-state index in [4.69, 9.17) is 0 Å². The summed E-state index contributed by atoms with van der Waals surface area (Å²) in [4.78, 5) is 2.43. The molecule has 0 atom stereocenters. The molecular formula is C25H19F3S2. The van der Waals surface area contributed by atoms with Crippen molar-refractivity contribution in [3.63, 3.8) is 0 Å². The third-order valence-corrected chi connectivity index (χ3v) is 7.20. The number of benzene rings is 2. The van der Waals surface area contributed by atoms with Crippen molar-refractivity contribution < 1.29 is 13.2 Å². The first kappa shape index (κ1) is 20.7. The summed E-state index contributed by atoms with van der Waals surface area (Å²) in [6.07, 6.45) is 4.81. The minimum absolute atomic E-state index is 0.222. The van der Waals surface area contributed by atoms with Crippen molar-refractivity contribution >= 4 is 32.1 Å². The molecule has 30 heavy (non-hydrogen) atoms. The summed E-state index contributed by atoms with van der Waals surface area (Å²) in [7, 11) is 0. The van der Waals surface area contributed by atoms with Crippen LogP contribution in [-0.4, -0.2) is 0 Å². The van der Waals surface area contributed by atoms with Crippen LogP contribution in [0.5, 0.6) is 0 Å². The zero-order valence-corrected chi connectivity index (χ0v) is 18.0. The third kappa shape index (κ3) is 4.61. The topological polar surface area (TPSA) is 0 Å². The minimum atomic E-state index is -0.969. The predicted octanol–water partition coefficient (Wildman–Crippen LogP) is 8.18. The molecule has 2 aromatic heterocycles. The van der Waals surface area contributed by atoms with Crippen molar-refractivity contribution in [2.75, 3.05) is 0 Å². The Morgan fingerprint density at radius 3 is 2.33 bits per heavy atom. The second-order valence-corrected chi connectivity index (χ2v) is 9.33.